The van der Waals surface area contributed by atoms with Crippen molar-refractivity contribution in [2.24, 2.45) is 10.7 Å². The van der Waals surface area contributed by atoms with E-state index in [1.165, 1.54) is 0 Å². The zero-order valence-corrected chi connectivity index (χ0v) is 13.6. The molecule has 6 heteroatoms. The number of benzene rings is 1. The van der Waals surface area contributed by atoms with Crippen molar-refractivity contribution in [3.05, 3.63) is 30.3 Å². The number of nitrogens with two attached hydrogens (primary N) is 1. The molecule has 0 fully saturated rings. The van der Waals surface area contributed by atoms with Gasteiger partial charge in [0.05, 0.1) is 0 Å². The number of aliphatic imine (C=N–C) groups is 1. The van der Waals surface area contributed by atoms with Crippen molar-refractivity contribution in [1.82, 2.24) is 4.90 Å². The van der Waals surface area contributed by atoms with Crippen LogP contribution < -0.4 is 11.1 Å². The van der Waals surface area contributed by atoms with Crippen molar-refractivity contribution in [2.45, 2.75) is 13.8 Å². The molecule has 0 heterocycles. The Hall–Kier alpha value is -1.31. The van der Waals surface area contributed by atoms with Crippen molar-refractivity contribution < 1.29 is 4.79 Å². The Kier molecular flexibility index (Phi) is 8.94. The van der Waals surface area contributed by atoms with E-state index in [2.05, 4.69) is 10.3 Å². The molecular weight excluding hydrogens is 355 g/mol. The first-order valence-electron chi connectivity index (χ1n) is 6.07. The van der Waals surface area contributed by atoms with Crippen LogP contribution in [-0.2, 0) is 4.79 Å². The molecule has 0 aliphatic heterocycles. The molecule has 1 amide bonds. The lowest BCUT2D eigenvalue weighted by molar-refractivity contribution is -0.114. The topological polar surface area (TPSA) is 70.7 Å². The van der Waals surface area contributed by atoms with Gasteiger partial charge in [-0.3, -0.25) is 4.79 Å². The molecule has 0 aromatic heterocycles. The SMILES string of the molecule is CCN(CC)C(N)=NCC(=O)Nc1ccccc1.I. The minimum absolute atomic E-state index is 0. The lowest BCUT2D eigenvalue weighted by Gasteiger charge is -2.19. The Morgan fingerprint density at radius 1 is 1.26 bits per heavy atom. The van der Waals surface area contributed by atoms with E-state index in [9.17, 15) is 4.79 Å². The van der Waals surface area contributed by atoms with Gasteiger partial charge in [0.1, 0.15) is 6.54 Å². The zero-order valence-electron chi connectivity index (χ0n) is 11.3. The maximum Gasteiger partial charge on any atom is 0.246 e. The molecule has 0 saturated carbocycles. The molecule has 0 aliphatic carbocycles. The molecule has 0 radical (unpaired) electrons. The summed E-state index contributed by atoms with van der Waals surface area (Å²) in [5.74, 6) is 0.236. The van der Waals surface area contributed by atoms with Gasteiger partial charge in [-0.25, -0.2) is 4.99 Å². The van der Waals surface area contributed by atoms with Gasteiger partial charge in [-0.05, 0) is 26.0 Å². The minimum Gasteiger partial charge on any atom is -0.370 e. The van der Waals surface area contributed by atoms with Crippen molar-refractivity contribution in [2.75, 3.05) is 25.0 Å². The summed E-state index contributed by atoms with van der Waals surface area (Å²) in [6.07, 6.45) is 0. The van der Waals surface area contributed by atoms with Gasteiger partial charge in [0.15, 0.2) is 5.96 Å². The van der Waals surface area contributed by atoms with Crippen LogP contribution in [0.2, 0.25) is 0 Å². The highest BCUT2D eigenvalue weighted by Gasteiger charge is 2.04. The van der Waals surface area contributed by atoms with Crippen LogP contribution in [0.15, 0.2) is 35.3 Å². The fraction of sp³-hybridized carbons (Fsp3) is 0.385. The van der Waals surface area contributed by atoms with E-state index >= 15 is 0 Å². The molecular formula is C13H21IN4O. The third-order valence-electron chi connectivity index (χ3n) is 2.53. The Morgan fingerprint density at radius 2 is 1.84 bits per heavy atom. The lowest BCUT2D eigenvalue weighted by atomic mass is 10.3. The van der Waals surface area contributed by atoms with Crippen molar-refractivity contribution in [3.63, 3.8) is 0 Å². The van der Waals surface area contributed by atoms with E-state index < -0.39 is 0 Å². The van der Waals surface area contributed by atoms with Crippen LogP contribution in [0.3, 0.4) is 0 Å². The second kappa shape index (κ2) is 9.60. The van der Waals surface area contributed by atoms with Crippen LogP contribution in [0.4, 0.5) is 5.69 Å². The Balaban J connectivity index is 0.00000324. The average Bonchev–Trinajstić information content (AvgIpc) is 2.39. The molecule has 1 rings (SSSR count). The third kappa shape index (κ3) is 6.42. The van der Waals surface area contributed by atoms with Crippen LogP contribution in [0, 0.1) is 0 Å². The average molecular weight is 376 g/mol. The highest BCUT2D eigenvalue weighted by atomic mass is 127. The summed E-state index contributed by atoms with van der Waals surface area (Å²) in [7, 11) is 0. The van der Waals surface area contributed by atoms with Crippen LogP contribution in [0.1, 0.15) is 13.8 Å². The maximum absolute atomic E-state index is 11.6. The second-order valence-electron chi connectivity index (χ2n) is 3.76. The number of hydrogen-bond donors (Lipinski definition) is 2. The van der Waals surface area contributed by atoms with E-state index in [1.54, 1.807) is 0 Å². The number of rotatable bonds is 5. The van der Waals surface area contributed by atoms with E-state index in [0.29, 0.717) is 5.96 Å². The van der Waals surface area contributed by atoms with Crippen LogP contribution in [0.25, 0.3) is 0 Å². The van der Waals surface area contributed by atoms with E-state index in [-0.39, 0.29) is 36.4 Å². The lowest BCUT2D eigenvalue weighted by Crippen LogP contribution is -2.37. The summed E-state index contributed by atoms with van der Waals surface area (Å²) >= 11 is 0. The molecule has 0 bridgehead atoms. The first-order valence-corrected chi connectivity index (χ1v) is 6.07. The number of anilines is 1. The smallest absolute Gasteiger partial charge is 0.246 e. The number of hydrogen-bond acceptors (Lipinski definition) is 2. The van der Waals surface area contributed by atoms with Crippen LogP contribution in [-0.4, -0.2) is 36.4 Å². The van der Waals surface area contributed by atoms with Gasteiger partial charge < -0.3 is 16.0 Å². The number of nitrogens with one attached hydrogen (secondary N) is 1. The number of para-hydroxylation sites is 1. The number of amides is 1. The first-order chi connectivity index (χ1) is 8.67. The van der Waals surface area contributed by atoms with Crippen molar-refractivity contribution in [3.8, 4) is 0 Å². The molecule has 1 aromatic rings. The predicted octanol–water partition coefficient (Wildman–Crippen LogP) is 1.90. The largest absolute Gasteiger partial charge is 0.370 e. The molecule has 0 atom stereocenters. The molecule has 19 heavy (non-hydrogen) atoms. The van der Waals surface area contributed by atoms with Gasteiger partial charge in [-0.2, -0.15) is 0 Å². The van der Waals surface area contributed by atoms with E-state index in [4.69, 9.17) is 5.73 Å². The third-order valence-corrected chi connectivity index (χ3v) is 2.53. The summed E-state index contributed by atoms with van der Waals surface area (Å²) < 4.78 is 0. The number of guanidine groups is 1. The van der Waals surface area contributed by atoms with Crippen molar-refractivity contribution >= 4 is 41.5 Å². The number of halogens is 1. The molecule has 1 aromatic carbocycles. The molecule has 106 valence electrons. The summed E-state index contributed by atoms with van der Waals surface area (Å²) in [6.45, 7) is 5.60. The number of carbonyl (C=O) groups excluding carboxylic acids is 1. The van der Waals surface area contributed by atoms with Crippen molar-refractivity contribution in [1.29, 1.82) is 0 Å². The molecule has 5 nitrogen and oxygen atoms in total. The summed E-state index contributed by atoms with van der Waals surface area (Å²) in [5.41, 5.74) is 6.54. The second-order valence-corrected chi connectivity index (χ2v) is 3.76. The first kappa shape index (κ1) is 17.7. The summed E-state index contributed by atoms with van der Waals surface area (Å²) in [6, 6.07) is 9.28. The van der Waals surface area contributed by atoms with E-state index in [0.717, 1.165) is 18.8 Å². The normalized spacial score (nSPS) is 10.5. The van der Waals surface area contributed by atoms with Gasteiger partial charge in [0, 0.05) is 18.8 Å². The molecule has 3 N–H and O–H groups in total. The zero-order chi connectivity index (χ0) is 13.4. The molecule has 0 spiro atoms. The van der Waals surface area contributed by atoms with E-state index in [1.807, 2.05) is 49.1 Å². The van der Waals surface area contributed by atoms with Gasteiger partial charge >= 0.3 is 0 Å². The van der Waals surface area contributed by atoms with Crippen LogP contribution in [0.5, 0.6) is 0 Å². The fourth-order valence-corrected chi connectivity index (χ4v) is 1.52. The van der Waals surface area contributed by atoms with Gasteiger partial charge in [0.25, 0.3) is 0 Å². The molecule has 0 unspecified atom stereocenters. The Bertz CT molecular complexity index is 404. The maximum atomic E-state index is 11.6. The fourth-order valence-electron chi connectivity index (χ4n) is 1.52. The van der Waals surface area contributed by atoms with Crippen LogP contribution >= 0.6 is 24.0 Å². The van der Waals surface area contributed by atoms with Gasteiger partial charge in [-0.15, -0.1) is 24.0 Å². The number of nitrogens with zero attached hydrogens (tertiary/aromatic N) is 2. The highest BCUT2D eigenvalue weighted by Crippen LogP contribution is 2.04. The standard InChI is InChI=1S/C13H20N4O.HI/c1-3-17(4-2)13(14)15-10-12(18)16-11-8-6-5-7-9-11;/h5-9H,3-4,10H2,1-2H3,(H2,14,15)(H,16,18);1H. The summed E-state index contributed by atoms with van der Waals surface area (Å²) in [5, 5.41) is 2.75. The Morgan fingerprint density at radius 3 is 2.37 bits per heavy atom. The quantitative estimate of drug-likeness (QED) is 0.469. The predicted molar refractivity (Wildman–Crippen MR) is 89.9 cm³/mol. The minimum atomic E-state index is -0.170. The van der Waals surface area contributed by atoms with Gasteiger partial charge in [0.2, 0.25) is 5.91 Å². The monoisotopic (exact) mass is 376 g/mol. The molecule has 0 saturated heterocycles. The van der Waals surface area contributed by atoms with Gasteiger partial charge in [-0.1, -0.05) is 18.2 Å². The number of carbonyl (C=O) groups is 1. The Labute approximate surface area is 131 Å². The summed E-state index contributed by atoms with van der Waals surface area (Å²) in [4.78, 5) is 17.6. The highest BCUT2D eigenvalue weighted by molar-refractivity contribution is 14.0. The molecule has 0 aliphatic rings.